The average Bonchev–Trinajstić information content (AvgIpc) is 3.16. The molecule has 2 saturated carbocycles. The summed E-state index contributed by atoms with van der Waals surface area (Å²) in [6, 6.07) is 0.543. The van der Waals surface area contributed by atoms with Crippen molar-refractivity contribution in [3.8, 4) is 0 Å². The second kappa shape index (κ2) is 7.84. The standard InChI is InChI=1S/C17H32N4O/c1-4-18-16(20-14-9-5-6-10-14)19-13-17(11-7-8-12-17)15(22)21(2)3/h14H,4-13H2,1-3H3,(H2,18,19,20). The van der Waals surface area contributed by atoms with Crippen molar-refractivity contribution < 1.29 is 4.79 Å². The molecular formula is C17H32N4O. The molecule has 0 heterocycles. The third-order valence-corrected chi connectivity index (χ3v) is 5.00. The second-order valence-corrected chi connectivity index (χ2v) is 7.01. The van der Waals surface area contributed by atoms with Gasteiger partial charge in [-0.2, -0.15) is 0 Å². The van der Waals surface area contributed by atoms with Crippen molar-refractivity contribution in [2.75, 3.05) is 27.2 Å². The van der Waals surface area contributed by atoms with E-state index < -0.39 is 0 Å². The van der Waals surface area contributed by atoms with E-state index in [4.69, 9.17) is 4.99 Å². The quantitative estimate of drug-likeness (QED) is 0.604. The van der Waals surface area contributed by atoms with Crippen LogP contribution in [0.2, 0.25) is 0 Å². The summed E-state index contributed by atoms with van der Waals surface area (Å²) in [5.74, 6) is 1.12. The molecule has 0 spiro atoms. The van der Waals surface area contributed by atoms with Crippen LogP contribution in [-0.4, -0.2) is 50.0 Å². The number of amides is 1. The molecule has 1 amide bonds. The summed E-state index contributed by atoms with van der Waals surface area (Å²) in [5, 5.41) is 6.87. The minimum atomic E-state index is -0.276. The minimum Gasteiger partial charge on any atom is -0.357 e. The number of aliphatic imine (C=N–C) groups is 1. The lowest BCUT2D eigenvalue weighted by Gasteiger charge is -2.29. The Labute approximate surface area is 134 Å². The summed E-state index contributed by atoms with van der Waals surface area (Å²) >= 11 is 0. The van der Waals surface area contributed by atoms with Gasteiger partial charge in [0.25, 0.3) is 0 Å². The van der Waals surface area contributed by atoms with Crippen molar-refractivity contribution in [2.24, 2.45) is 10.4 Å². The lowest BCUT2D eigenvalue weighted by atomic mass is 9.85. The normalized spacial score (nSPS) is 21.9. The molecule has 0 unspecified atom stereocenters. The first-order chi connectivity index (χ1) is 10.6. The summed E-state index contributed by atoms with van der Waals surface area (Å²) in [4.78, 5) is 19.1. The highest BCUT2D eigenvalue weighted by atomic mass is 16.2. The molecule has 5 nitrogen and oxygen atoms in total. The van der Waals surface area contributed by atoms with Crippen LogP contribution in [0.25, 0.3) is 0 Å². The molecule has 5 heteroatoms. The lowest BCUT2D eigenvalue weighted by Crippen LogP contribution is -2.45. The molecule has 0 aliphatic heterocycles. The van der Waals surface area contributed by atoms with Gasteiger partial charge in [0.1, 0.15) is 0 Å². The van der Waals surface area contributed by atoms with Crippen molar-refractivity contribution >= 4 is 11.9 Å². The molecule has 2 rings (SSSR count). The van der Waals surface area contributed by atoms with Gasteiger partial charge in [0.05, 0.1) is 12.0 Å². The van der Waals surface area contributed by atoms with Gasteiger partial charge < -0.3 is 15.5 Å². The number of nitrogens with one attached hydrogen (secondary N) is 2. The maximum atomic E-state index is 12.6. The first-order valence-corrected chi connectivity index (χ1v) is 8.84. The molecule has 0 aromatic carbocycles. The fourth-order valence-corrected chi connectivity index (χ4v) is 3.78. The Balaban J connectivity index is 2.04. The van der Waals surface area contributed by atoms with Gasteiger partial charge in [0.15, 0.2) is 5.96 Å². The first kappa shape index (κ1) is 17.1. The van der Waals surface area contributed by atoms with Crippen molar-refractivity contribution in [1.82, 2.24) is 15.5 Å². The van der Waals surface area contributed by atoms with E-state index in [1.807, 2.05) is 14.1 Å². The maximum Gasteiger partial charge on any atom is 0.230 e. The predicted octanol–water partition coefficient (Wildman–Crippen LogP) is 2.13. The number of hydrogen-bond donors (Lipinski definition) is 2. The van der Waals surface area contributed by atoms with E-state index >= 15 is 0 Å². The SMILES string of the molecule is CCNC(=NCC1(C(=O)N(C)C)CCCC1)NC1CCCC1. The van der Waals surface area contributed by atoms with Crippen LogP contribution in [0.1, 0.15) is 58.3 Å². The van der Waals surface area contributed by atoms with Crippen LogP contribution in [0.3, 0.4) is 0 Å². The molecule has 2 aliphatic rings. The van der Waals surface area contributed by atoms with Crippen molar-refractivity contribution in [2.45, 2.75) is 64.3 Å². The van der Waals surface area contributed by atoms with Gasteiger partial charge in [-0.05, 0) is 32.6 Å². The number of rotatable bonds is 5. The van der Waals surface area contributed by atoms with Crippen molar-refractivity contribution in [3.63, 3.8) is 0 Å². The van der Waals surface area contributed by atoms with Crippen LogP contribution < -0.4 is 10.6 Å². The highest BCUT2D eigenvalue weighted by Crippen LogP contribution is 2.39. The van der Waals surface area contributed by atoms with Crippen LogP contribution >= 0.6 is 0 Å². The Morgan fingerprint density at radius 3 is 2.36 bits per heavy atom. The van der Waals surface area contributed by atoms with Gasteiger partial charge in [-0.3, -0.25) is 9.79 Å². The maximum absolute atomic E-state index is 12.6. The molecule has 0 atom stereocenters. The number of hydrogen-bond acceptors (Lipinski definition) is 2. The second-order valence-electron chi connectivity index (χ2n) is 7.01. The van der Waals surface area contributed by atoms with Crippen LogP contribution in [0.5, 0.6) is 0 Å². The molecule has 2 aliphatic carbocycles. The third kappa shape index (κ3) is 4.14. The van der Waals surface area contributed by atoms with Crippen LogP contribution in [-0.2, 0) is 4.79 Å². The monoisotopic (exact) mass is 308 g/mol. The fourth-order valence-electron chi connectivity index (χ4n) is 3.78. The molecule has 0 bridgehead atoms. The molecule has 2 N–H and O–H groups in total. The summed E-state index contributed by atoms with van der Waals surface area (Å²) in [7, 11) is 3.71. The van der Waals surface area contributed by atoms with Gasteiger partial charge in [-0.1, -0.05) is 25.7 Å². The van der Waals surface area contributed by atoms with Crippen molar-refractivity contribution in [3.05, 3.63) is 0 Å². The van der Waals surface area contributed by atoms with Crippen molar-refractivity contribution in [1.29, 1.82) is 0 Å². The summed E-state index contributed by atoms with van der Waals surface area (Å²) in [5.41, 5.74) is -0.276. The fraction of sp³-hybridized carbons (Fsp3) is 0.882. The largest absolute Gasteiger partial charge is 0.357 e. The number of guanidine groups is 1. The van der Waals surface area contributed by atoms with Crippen LogP contribution in [0.15, 0.2) is 4.99 Å². The summed E-state index contributed by atoms with van der Waals surface area (Å²) in [6.45, 7) is 3.54. The van der Waals surface area contributed by atoms with Gasteiger partial charge in [-0.25, -0.2) is 0 Å². The minimum absolute atomic E-state index is 0.241. The molecule has 0 aromatic rings. The van der Waals surface area contributed by atoms with Gasteiger partial charge in [0.2, 0.25) is 5.91 Å². The highest BCUT2D eigenvalue weighted by Gasteiger charge is 2.42. The number of nitrogens with zero attached hydrogens (tertiary/aromatic N) is 2. The highest BCUT2D eigenvalue weighted by molar-refractivity contribution is 5.84. The number of carbonyl (C=O) groups is 1. The predicted molar refractivity (Wildman–Crippen MR) is 91.0 cm³/mol. The van der Waals surface area contributed by atoms with Crippen LogP contribution in [0.4, 0.5) is 0 Å². The van der Waals surface area contributed by atoms with E-state index in [0.717, 1.165) is 38.2 Å². The molecule has 0 saturated heterocycles. The molecule has 126 valence electrons. The summed E-state index contributed by atoms with van der Waals surface area (Å²) < 4.78 is 0. The Morgan fingerprint density at radius 2 is 1.82 bits per heavy atom. The smallest absolute Gasteiger partial charge is 0.230 e. The van der Waals surface area contributed by atoms with E-state index in [-0.39, 0.29) is 11.3 Å². The van der Waals surface area contributed by atoms with Gasteiger partial charge in [0, 0.05) is 26.7 Å². The topological polar surface area (TPSA) is 56.7 Å². The lowest BCUT2D eigenvalue weighted by molar-refractivity contribution is -0.138. The molecule has 22 heavy (non-hydrogen) atoms. The first-order valence-electron chi connectivity index (χ1n) is 8.84. The molecular weight excluding hydrogens is 276 g/mol. The third-order valence-electron chi connectivity index (χ3n) is 5.00. The number of carbonyl (C=O) groups excluding carboxylic acids is 1. The Bertz CT molecular complexity index is 393. The Hall–Kier alpha value is -1.26. The zero-order valence-electron chi connectivity index (χ0n) is 14.5. The van der Waals surface area contributed by atoms with E-state index in [9.17, 15) is 4.79 Å². The van der Waals surface area contributed by atoms with E-state index in [2.05, 4.69) is 17.6 Å². The average molecular weight is 308 g/mol. The Kier molecular flexibility index (Phi) is 6.09. The zero-order valence-corrected chi connectivity index (χ0v) is 14.5. The van der Waals surface area contributed by atoms with E-state index in [0.29, 0.717) is 12.6 Å². The van der Waals surface area contributed by atoms with Crippen LogP contribution in [0, 0.1) is 5.41 Å². The molecule has 0 aromatic heterocycles. The zero-order chi connectivity index (χ0) is 16.0. The van der Waals surface area contributed by atoms with E-state index in [1.165, 1.54) is 25.7 Å². The van der Waals surface area contributed by atoms with Gasteiger partial charge in [-0.15, -0.1) is 0 Å². The van der Waals surface area contributed by atoms with E-state index in [1.54, 1.807) is 4.90 Å². The molecule has 2 fully saturated rings. The van der Waals surface area contributed by atoms with Gasteiger partial charge >= 0.3 is 0 Å². The Morgan fingerprint density at radius 1 is 1.18 bits per heavy atom. The summed E-state index contributed by atoms with van der Waals surface area (Å²) in [6.07, 6.45) is 9.29. The molecule has 0 radical (unpaired) electrons.